The molecule has 5 heteroatoms. The zero-order chi connectivity index (χ0) is 17.8. The largest absolute Gasteiger partial charge is 0.369 e. The second-order valence-corrected chi connectivity index (χ2v) is 9.68. The Bertz CT molecular complexity index is 782. The molecule has 1 unspecified atom stereocenters. The first-order chi connectivity index (χ1) is 12.7. The number of hydrogen-bond acceptors (Lipinski definition) is 4. The van der Waals surface area contributed by atoms with Crippen molar-refractivity contribution in [3.8, 4) is 0 Å². The number of hydrazone groups is 1. The molecular weight excluding hydrogens is 340 g/mol. The topological polar surface area (TPSA) is 30.9 Å². The highest BCUT2D eigenvalue weighted by Gasteiger charge is 2.34. The smallest absolute Gasteiger partial charge is 0.0393 e. The number of nitrogens with zero attached hydrogens (tertiary/aromatic N) is 3. The van der Waals surface area contributed by atoms with Crippen LogP contribution in [0.2, 0.25) is 0 Å². The van der Waals surface area contributed by atoms with Crippen molar-refractivity contribution in [3.05, 3.63) is 71.6 Å². The zero-order valence-electron chi connectivity index (χ0n) is 15.2. The van der Waals surface area contributed by atoms with Crippen molar-refractivity contribution in [2.24, 2.45) is 5.10 Å². The molecule has 2 heterocycles. The number of rotatable bonds is 6. The highest BCUT2D eigenvalue weighted by Crippen LogP contribution is 2.69. The van der Waals surface area contributed by atoms with E-state index in [0.29, 0.717) is 0 Å². The Labute approximate surface area is 157 Å². The molecule has 2 aliphatic rings. The molecule has 1 N–H and O–H groups in total. The monoisotopic (exact) mass is 366 g/mol. The lowest BCUT2D eigenvalue weighted by Crippen LogP contribution is -2.46. The van der Waals surface area contributed by atoms with Crippen LogP contribution in [0, 0.1) is 0 Å². The molecule has 0 aromatic heterocycles. The standard InChI is InChI=1S/C21H26N4S/c1-26(18-21(26)19-8-4-2-5-9-19)23-22-12-13-24-14-16-25(17-15-24)20-10-6-3-7-11-20/h2-12,18,23H,13-17H2,1H3/b22-12-. The quantitative estimate of drug-likeness (QED) is 0.624. The minimum Gasteiger partial charge on any atom is -0.369 e. The molecule has 0 bridgehead atoms. The Hall–Kier alpha value is -2.24. The van der Waals surface area contributed by atoms with E-state index in [4.69, 9.17) is 0 Å². The summed E-state index contributed by atoms with van der Waals surface area (Å²) in [5.41, 5.74) is 2.64. The Morgan fingerprint density at radius 2 is 1.62 bits per heavy atom. The van der Waals surface area contributed by atoms with Crippen molar-refractivity contribution in [3.63, 3.8) is 0 Å². The second-order valence-electron chi connectivity index (χ2n) is 6.86. The maximum atomic E-state index is 4.51. The highest BCUT2D eigenvalue weighted by atomic mass is 32.3. The molecule has 1 atom stereocenters. The van der Waals surface area contributed by atoms with Gasteiger partial charge >= 0.3 is 0 Å². The summed E-state index contributed by atoms with van der Waals surface area (Å²) in [7, 11) is -0.999. The lowest BCUT2D eigenvalue weighted by Gasteiger charge is -2.35. The van der Waals surface area contributed by atoms with Crippen LogP contribution in [-0.4, -0.2) is 50.1 Å². The fourth-order valence-electron chi connectivity index (χ4n) is 3.31. The summed E-state index contributed by atoms with van der Waals surface area (Å²) >= 11 is 0. The van der Waals surface area contributed by atoms with Crippen molar-refractivity contribution >= 4 is 27.0 Å². The van der Waals surface area contributed by atoms with Gasteiger partial charge in [-0.2, -0.15) is 5.10 Å². The maximum absolute atomic E-state index is 4.51. The number of piperazine rings is 1. The summed E-state index contributed by atoms with van der Waals surface area (Å²) in [5, 5.41) is 6.82. The summed E-state index contributed by atoms with van der Waals surface area (Å²) < 4.78 is 0. The number of nitrogens with one attached hydrogen (secondary N) is 1. The van der Waals surface area contributed by atoms with Crippen LogP contribution in [0.4, 0.5) is 5.69 Å². The van der Waals surface area contributed by atoms with E-state index in [0.717, 1.165) is 32.7 Å². The first-order valence-corrected chi connectivity index (χ1v) is 11.2. The van der Waals surface area contributed by atoms with Crippen LogP contribution in [0.3, 0.4) is 0 Å². The summed E-state index contributed by atoms with van der Waals surface area (Å²) in [6, 6.07) is 21.3. The molecule has 0 spiro atoms. The summed E-state index contributed by atoms with van der Waals surface area (Å²) in [4.78, 5) is 9.70. The molecule has 2 aromatic carbocycles. The van der Waals surface area contributed by atoms with Gasteiger partial charge in [-0.15, -0.1) is 10.2 Å². The SMILES string of the molecule is CS1(N/N=C\CN2CCN(c3ccccc3)CC2)C=C1c1ccccc1. The van der Waals surface area contributed by atoms with Gasteiger partial charge in [-0.25, -0.2) is 0 Å². The van der Waals surface area contributed by atoms with E-state index in [9.17, 15) is 0 Å². The molecule has 0 saturated carbocycles. The first-order valence-electron chi connectivity index (χ1n) is 9.11. The van der Waals surface area contributed by atoms with Crippen LogP contribution < -0.4 is 9.73 Å². The van der Waals surface area contributed by atoms with Gasteiger partial charge in [0.25, 0.3) is 0 Å². The molecule has 4 rings (SSSR count). The molecule has 0 radical (unpaired) electrons. The van der Waals surface area contributed by atoms with Gasteiger partial charge in [-0.1, -0.05) is 48.5 Å². The van der Waals surface area contributed by atoms with Gasteiger partial charge in [0, 0.05) is 49.5 Å². The van der Waals surface area contributed by atoms with Crippen molar-refractivity contribution in [2.45, 2.75) is 0 Å². The molecule has 136 valence electrons. The van der Waals surface area contributed by atoms with Gasteiger partial charge in [-0.05, 0) is 29.4 Å². The van der Waals surface area contributed by atoms with Crippen LogP contribution >= 0.6 is 10.2 Å². The lowest BCUT2D eigenvalue weighted by atomic mass is 10.2. The van der Waals surface area contributed by atoms with E-state index in [-0.39, 0.29) is 0 Å². The van der Waals surface area contributed by atoms with E-state index in [2.05, 4.69) is 92.1 Å². The second kappa shape index (κ2) is 7.56. The molecule has 2 aliphatic heterocycles. The van der Waals surface area contributed by atoms with E-state index in [1.54, 1.807) is 0 Å². The molecule has 2 aromatic rings. The third-order valence-corrected chi connectivity index (χ3v) is 7.17. The zero-order valence-corrected chi connectivity index (χ0v) is 16.0. The van der Waals surface area contributed by atoms with Crippen molar-refractivity contribution < 1.29 is 0 Å². The molecule has 0 aliphatic carbocycles. The van der Waals surface area contributed by atoms with Gasteiger partial charge in [0.2, 0.25) is 0 Å². The van der Waals surface area contributed by atoms with Gasteiger partial charge in [0.15, 0.2) is 0 Å². The summed E-state index contributed by atoms with van der Waals surface area (Å²) in [5.74, 6) is 0. The van der Waals surface area contributed by atoms with E-state index in [1.807, 2.05) is 6.21 Å². The molecule has 1 fully saturated rings. The number of benzene rings is 2. The fraction of sp³-hybridized carbons (Fsp3) is 0.286. The van der Waals surface area contributed by atoms with Gasteiger partial charge in [0.05, 0.1) is 0 Å². The van der Waals surface area contributed by atoms with Crippen LogP contribution in [-0.2, 0) is 0 Å². The first kappa shape index (κ1) is 17.2. The Kier molecular flexibility index (Phi) is 5.00. The third-order valence-electron chi connectivity index (χ3n) is 4.97. The summed E-state index contributed by atoms with van der Waals surface area (Å²) in [6.07, 6.45) is 4.27. The fourth-order valence-corrected chi connectivity index (χ4v) is 5.33. The van der Waals surface area contributed by atoms with Crippen LogP contribution in [0.15, 0.2) is 71.2 Å². The average Bonchev–Trinajstić information content (AvgIpc) is 3.39. The Balaban J connectivity index is 1.20. The normalized spacial score (nSPS) is 25.6. The highest BCUT2D eigenvalue weighted by molar-refractivity contribution is 8.47. The van der Waals surface area contributed by atoms with E-state index >= 15 is 0 Å². The number of hydrogen-bond donors (Lipinski definition) is 1. The minimum absolute atomic E-state index is 0.909. The predicted molar refractivity (Wildman–Crippen MR) is 115 cm³/mol. The molecule has 1 saturated heterocycles. The third kappa shape index (κ3) is 3.94. The predicted octanol–water partition coefficient (Wildman–Crippen LogP) is 3.75. The van der Waals surface area contributed by atoms with Crippen molar-refractivity contribution in [1.29, 1.82) is 0 Å². The average molecular weight is 367 g/mol. The van der Waals surface area contributed by atoms with Crippen LogP contribution in [0.25, 0.3) is 4.91 Å². The lowest BCUT2D eigenvalue weighted by molar-refractivity contribution is 0.293. The van der Waals surface area contributed by atoms with Crippen LogP contribution in [0.5, 0.6) is 0 Å². The molecule has 26 heavy (non-hydrogen) atoms. The molecule has 4 nitrogen and oxygen atoms in total. The van der Waals surface area contributed by atoms with E-state index in [1.165, 1.54) is 16.2 Å². The maximum Gasteiger partial charge on any atom is 0.0393 e. The molecule has 0 amide bonds. The van der Waals surface area contributed by atoms with Gasteiger partial charge in [-0.3, -0.25) is 9.73 Å². The summed E-state index contributed by atoms with van der Waals surface area (Å²) in [6.45, 7) is 5.23. The van der Waals surface area contributed by atoms with Crippen molar-refractivity contribution in [1.82, 2.24) is 9.73 Å². The Morgan fingerprint density at radius 3 is 2.31 bits per heavy atom. The number of para-hydroxylation sites is 1. The van der Waals surface area contributed by atoms with Gasteiger partial charge in [0.1, 0.15) is 0 Å². The molecular formula is C21H26N4S. The van der Waals surface area contributed by atoms with Gasteiger partial charge < -0.3 is 4.90 Å². The van der Waals surface area contributed by atoms with Crippen molar-refractivity contribution in [2.75, 3.05) is 43.9 Å². The number of anilines is 1. The van der Waals surface area contributed by atoms with E-state index < -0.39 is 10.2 Å². The minimum atomic E-state index is -0.999. The van der Waals surface area contributed by atoms with Crippen LogP contribution in [0.1, 0.15) is 5.56 Å². The Morgan fingerprint density at radius 1 is 0.962 bits per heavy atom.